The summed E-state index contributed by atoms with van der Waals surface area (Å²) in [5, 5.41) is 8.95. The highest BCUT2D eigenvalue weighted by Crippen LogP contribution is 2.23. The highest BCUT2D eigenvalue weighted by atomic mass is 35.5. The molecule has 1 aromatic rings. The summed E-state index contributed by atoms with van der Waals surface area (Å²) in [5.74, 6) is -1.01. The molecule has 0 aliphatic rings. The van der Waals surface area contributed by atoms with Gasteiger partial charge in [-0.15, -0.1) is 0 Å². The van der Waals surface area contributed by atoms with Crippen molar-refractivity contribution in [2.24, 2.45) is 0 Å². The van der Waals surface area contributed by atoms with Gasteiger partial charge in [-0.1, -0.05) is 11.6 Å². The van der Waals surface area contributed by atoms with Crippen LogP contribution in [0.2, 0.25) is 5.02 Å². The van der Waals surface area contributed by atoms with E-state index in [1.54, 1.807) is 0 Å². The second-order valence-electron chi connectivity index (χ2n) is 3.43. The van der Waals surface area contributed by atoms with E-state index in [1.165, 1.54) is 13.2 Å². The predicted octanol–water partition coefficient (Wildman–Crippen LogP) is 0.896. The van der Waals surface area contributed by atoms with Gasteiger partial charge < -0.3 is 9.84 Å². The number of ether oxygens (including phenoxy) is 1. The second kappa shape index (κ2) is 6.44. The molecule has 0 heterocycles. The molecule has 0 atom stereocenters. The van der Waals surface area contributed by atoms with E-state index in [2.05, 4.69) is 9.46 Å². The van der Waals surface area contributed by atoms with Gasteiger partial charge in [0.1, 0.15) is 10.7 Å². The summed E-state index contributed by atoms with van der Waals surface area (Å²) < 4.78 is 44.2. The van der Waals surface area contributed by atoms with Crippen LogP contribution < -0.4 is 4.72 Å². The molecule has 0 bridgehead atoms. The Labute approximate surface area is 110 Å². The molecule has 8 heteroatoms. The minimum Gasteiger partial charge on any atom is -0.392 e. The lowest BCUT2D eigenvalue weighted by atomic mass is 10.2. The van der Waals surface area contributed by atoms with Crippen LogP contribution in [-0.2, 0) is 21.4 Å². The van der Waals surface area contributed by atoms with Crippen molar-refractivity contribution < 1.29 is 22.7 Å². The van der Waals surface area contributed by atoms with Gasteiger partial charge in [0.25, 0.3) is 0 Å². The molecule has 0 unspecified atom stereocenters. The molecule has 102 valence electrons. The van der Waals surface area contributed by atoms with Crippen molar-refractivity contribution >= 4 is 21.6 Å². The number of hydrogen-bond acceptors (Lipinski definition) is 4. The molecule has 18 heavy (non-hydrogen) atoms. The van der Waals surface area contributed by atoms with Gasteiger partial charge in [0, 0.05) is 24.2 Å². The van der Waals surface area contributed by atoms with Crippen LogP contribution in [-0.4, -0.2) is 33.8 Å². The number of methoxy groups -OCH3 is 1. The Balaban J connectivity index is 3.12. The van der Waals surface area contributed by atoms with Crippen LogP contribution in [0, 0.1) is 5.82 Å². The molecule has 0 fully saturated rings. The molecular weight excluding hydrogens is 285 g/mol. The van der Waals surface area contributed by atoms with Crippen molar-refractivity contribution in [3.8, 4) is 0 Å². The number of aliphatic hydroxyl groups excluding tert-OH is 1. The minimum absolute atomic E-state index is 0.0131. The fourth-order valence-corrected chi connectivity index (χ4v) is 2.75. The number of halogens is 2. The highest BCUT2D eigenvalue weighted by molar-refractivity contribution is 7.89. The van der Waals surface area contributed by atoms with Crippen molar-refractivity contribution in [2.45, 2.75) is 11.5 Å². The molecule has 0 amide bonds. The number of benzene rings is 1. The molecule has 0 aliphatic carbocycles. The highest BCUT2D eigenvalue weighted by Gasteiger charge is 2.21. The first-order valence-corrected chi connectivity index (χ1v) is 6.86. The van der Waals surface area contributed by atoms with Gasteiger partial charge in [0.2, 0.25) is 10.0 Å². The van der Waals surface area contributed by atoms with Crippen molar-refractivity contribution in [3.63, 3.8) is 0 Å². The fourth-order valence-electron chi connectivity index (χ4n) is 1.28. The van der Waals surface area contributed by atoms with Gasteiger partial charge in [-0.05, 0) is 12.1 Å². The van der Waals surface area contributed by atoms with Gasteiger partial charge in [0.05, 0.1) is 13.2 Å². The van der Waals surface area contributed by atoms with Gasteiger partial charge in [-0.2, -0.15) is 0 Å². The van der Waals surface area contributed by atoms with Crippen molar-refractivity contribution in [3.05, 3.63) is 28.5 Å². The maximum Gasteiger partial charge on any atom is 0.243 e. The smallest absolute Gasteiger partial charge is 0.243 e. The van der Waals surface area contributed by atoms with E-state index in [9.17, 15) is 12.8 Å². The largest absolute Gasteiger partial charge is 0.392 e. The molecule has 0 radical (unpaired) electrons. The van der Waals surface area contributed by atoms with Crippen molar-refractivity contribution in [2.75, 3.05) is 20.3 Å². The summed E-state index contributed by atoms with van der Waals surface area (Å²) >= 11 is 5.67. The molecular formula is C10H13ClFNO4S. The third kappa shape index (κ3) is 3.63. The number of hydrogen-bond donors (Lipinski definition) is 2. The maximum atomic E-state index is 13.8. The monoisotopic (exact) mass is 297 g/mol. The van der Waals surface area contributed by atoms with Crippen LogP contribution in [0.25, 0.3) is 0 Å². The zero-order valence-electron chi connectivity index (χ0n) is 9.61. The SMILES string of the molecule is COCCNS(=O)(=O)c1cc(Cl)cc(CO)c1F. The van der Waals surface area contributed by atoms with Crippen LogP contribution in [0.1, 0.15) is 5.56 Å². The van der Waals surface area contributed by atoms with E-state index in [-0.39, 0.29) is 23.7 Å². The average molecular weight is 298 g/mol. The Morgan fingerprint density at radius 2 is 2.17 bits per heavy atom. The van der Waals surface area contributed by atoms with E-state index in [1.807, 2.05) is 0 Å². The maximum absolute atomic E-state index is 13.8. The summed E-state index contributed by atoms with van der Waals surface area (Å²) in [7, 11) is -2.60. The van der Waals surface area contributed by atoms with E-state index < -0.39 is 27.3 Å². The number of aliphatic hydroxyl groups is 1. The summed E-state index contributed by atoms with van der Waals surface area (Å²) in [6.07, 6.45) is 0. The van der Waals surface area contributed by atoms with Crippen LogP contribution in [0.15, 0.2) is 17.0 Å². The van der Waals surface area contributed by atoms with E-state index >= 15 is 0 Å². The van der Waals surface area contributed by atoms with Crippen LogP contribution in [0.3, 0.4) is 0 Å². The summed E-state index contributed by atoms with van der Waals surface area (Å²) in [5.41, 5.74) is -0.172. The third-order valence-corrected chi connectivity index (χ3v) is 3.82. The lowest BCUT2D eigenvalue weighted by Gasteiger charge is -2.10. The summed E-state index contributed by atoms with van der Waals surface area (Å²) in [6, 6.07) is 2.16. The van der Waals surface area contributed by atoms with Crippen molar-refractivity contribution in [1.82, 2.24) is 4.72 Å². The molecule has 0 saturated carbocycles. The predicted molar refractivity (Wildman–Crippen MR) is 64.4 cm³/mol. The lowest BCUT2D eigenvalue weighted by molar-refractivity contribution is 0.204. The number of nitrogens with one attached hydrogen (secondary N) is 1. The standard InChI is InChI=1S/C10H13ClFNO4S/c1-17-3-2-13-18(15,16)9-5-8(11)4-7(6-14)10(9)12/h4-5,13-14H,2-3,6H2,1H3. The number of sulfonamides is 1. The van der Waals surface area contributed by atoms with Gasteiger partial charge >= 0.3 is 0 Å². The van der Waals surface area contributed by atoms with E-state index in [0.717, 1.165) is 6.07 Å². The second-order valence-corrected chi connectivity index (χ2v) is 5.60. The molecule has 0 aliphatic heterocycles. The van der Waals surface area contributed by atoms with Gasteiger partial charge in [-0.25, -0.2) is 17.5 Å². The quantitative estimate of drug-likeness (QED) is 0.765. The zero-order valence-corrected chi connectivity index (χ0v) is 11.2. The molecule has 0 spiro atoms. The zero-order chi connectivity index (χ0) is 13.8. The van der Waals surface area contributed by atoms with E-state index in [4.69, 9.17) is 16.7 Å². The molecule has 1 rings (SSSR count). The average Bonchev–Trinajstić information content (AvgIpc) is 2.31. The Kier molecular flexibility index (Phi) is 5.48. The summed E-state index contributed by atoms with van der Waals surface area (Å²) in [4.78, 5) is -0.588. The van der Waals surface area contributed by atoms with Crippen molar-refractivity contribution in [1.29, 1.82) is 0 Å². The van der Waals surface area contributed by atoms with Crippen LogP contribution in [0.4, 0.5) is 4.39 Å². The Hall–Kier alpha value is -0.730. The van der Waals surface area contributed by atoms with Gasteiger partial charge in [0.15, 0.2) is 0 Å². The topological polar surface area (TPSA) is 75.6 Å². The minimum atomic E-state index is -4.02. The normalized spacial score (nSPS) is 11.8. The first-order valence-electron chi connectivity index (χ1n) is 4.99. The van der Waals surface area contributed by atoms with Crippen LogP contribution in [0.5, 0.6) is 0 Å². The Bertz CT molecular complexity index is 521. The van der Waals surface area contributed by atoms with Gasteiger partial charge in [-0.3, -0.25) is 0 Å². The first-order chi connectivity index (χ1) is 8.42. The first kappa shape index (κ1) is 15.3. The molecule has 0 aromatic heterocycles. The van der Waals surface area contributed by atoms with Crippen LogP contribution >= 0.6 is 11.6 Å². The Morgan fingerprint density at radius 1 is 1.50 bits per heavy atom. The molecule has 5 nitrogen and oxygen atoms in total. The van der Waals surface area contributed by atoms with E-state index in [0.29, 0.717) is 0 Å². The third-order valence-electron chi connectivity index (χ3n) is 2.14. The molecule has 2 N–H and O–H groups in total. The summed E-state index contributed by atoms with van der Waals surface area (Å²) in [6.45, 7) is -0.458. The lowest BCUT2D eigenvalue weighted by Crippen LogP contribution is -2.28. The Morgan fingerprint density at radius 3 is 2.72 bits per heavy atom. The fraction of sp³-hybridized carbons (Fsp3) is 0.400. The molecule has 0 saturated heterocycles. The molecule has 1 aromatic carbocycles. The number of rotatable bonds is 6.